The van der Waals surface area contributed by atoms with Gasteiger partial charge in [-0.25, -0.2) is 0 Å². The monoisotopic (exact) mass is 171 g/mol. The van der Waals surface area contributed by atoms with Crippen LogP contribution in [0, 0.1) is 17.2 Å². The van der Waals surface area contributed by atoms with Crippen LogP contribution in [0.5, 0.6) is 0 Å². The molecule has 0 heterocycles. The van der Waals surface area contributed by atoms with E-state index in [-0.39, 0.29) is 5.92 Å². The van der Waals surface area contributed by atoms with Gasteiger partial charge in [0.05, 0.1) is 12.0 Å². The Morgan fingerprint density at radius 1 is 1.08 bits per heavy atom. The van der Waals surface area contributed by atoms with Crippen molar-refractivity contribution in [3.63, 3.8) is 0 Å². The first-order valence-corrected chi connectivity index (χ1v) is 4.88. The van der Waals surface area contributed by atoms with Crippen LogP contribution in [0.2, 0.25) is 0 Å². The minimum absolute atomic E-state index is 0.0226. The summed E-state index contributed by atoms with van der Waals surface area (Å²) in [6.07, 6.45) is 13.3. The van der Waals surface area contributed by atoms with Gasteiger partial charge in [0.25, 0.3) is 0 Å². The fraction of sp³-hybridized carbons (Fsp3) is 0.417. The van der Waals surface area contributed by atoms with Crippen LogP contribution in [0.15, 0.2) is 35.5 Å². The smallest absolute Gasteiger partial charge is 0.0830 e. The SMILES string of the molecule is N#CC1C=CC2=C(C=C1)CCCC2. The van der Waals surface area contributed by atoms with Crippen LogP contribution in [0.25, 0.3) is 0 Å². The van der Waals surface area contributed by atoms with Gasteiger partial charge in [-0.1, -0.05) is 24.3 Å². The zero-order chi connectivity index (χ0) is 9.10. The van der Waals surface area contributed by atoms with Crippen LogP contribution >= 0.6 is 0 Å². The molecule has 0 atom stereocenters. The molecule has 2 aliphatic carbocycles. The van der Waals surface area contributed by atoms with Gasteiger partial charge in [-0.15, -0.1) is 0 Å². The number of hydrogen-bond acceptors (Lipinski definition) is 1. The van der Waals surface area contributed by atoms with E-state index in [0.717, 1.165) is 0 Å². The summed E-state index contributed by atoms with van der Waals surface area (Å²) >= 11 is 0. The van der Waals surface area contributed by atoms with Gasteiger partial charge < -0.3 is 0 Å². The molecule has 0 aliphatic heterocycles. The molecular formula is C12H13N. The van der Waals surface area contributed by atoms with Crippen molar-refractivity contribution in [1.29, 1.82) is 5.26 Å². The van der Waals surface area contributed by atoms with Gasteiger partial charge in [0.15, 0.2) is 0 Å². The summed E-state index contributed by atoms with van der Waals surface area (Å²) < 4.78 is 0. The van der Waals surface area contributed by atoms with Crippen LogP contribution < -0.4 is 0 Å². The van der Waals surface area contributed by atoms with Crippen molar-refractivity contribution in [3.8, 4) is 6.07 Å². The van der Waals surface area contributed by atoms with Crippen molar-refractivity contribution >= 4 is 0 Å². The summed E-state index contributed by atoms with van der Waals surface area (Å²) in [7, 11) is 0. The minimum Gasteiger partial charge on any atom is -0.197 e. The molecule has 0 bridgehead atoms. The van der Waals surface area contributed by atoms with Gasteiger partial charge in [0.2, 0.25) is 0 Å². The number of hydrogen-bond donors (Lipinski definition) is 0. The van der Waals surface area contributed by atoms with Gasteiger partial charge in [-0.3, -0.25) is 0 Å². The lowest BCUT2D eigenvalue weighted by Crippen LogP contribution is -1.94. The molecule has 0 aromatic rings. The predicted molar refractivity (Wildman–Crippen MR) is 52.9 cm³/mol. The Balaban J connectivity index is 2.28. The molecular weight excluding hydrogens is 158 g/mol. The fourth-order valence-electron chi connectivity index (χ4n) is 1.92. The summed E-state index contributed by atoms with van der Waals surface area (Å²) in [5.74, 6) is -0.0226. The maximum atomic E-state index is 8.78. The summed E-state index contributed by atoms with van der Waals surface area (Å²) in [6, 6.07) is 2.25. The Morgan fingerprint density at radius 2 is 1.62 bits per heavy atom. The fourth-order valence-corrected chi connectivity index (χ4v) is 1.92. The maximum Gasteiger partial charge on any atom is 0.0830 e. The third-order valence-corrected chi connectivity index (χ3v) is 2.71. The summed E-state index contributed by atoms with van der Waals surface area (Å²) in [6.45, 7) is 0. The predicted octanol–water partition coefficient (Wildman–Crippen LogP) is 3.12. The van der Waals surface area contributed by atoms with Crippen LogP contribution in [0.1, 0.15) is 25.7 Å². The molecule has 0 unspecified atom stereocenters. The lowest BCUT2D eigenvalue weighted by atomic mass is 9.92. The number of nitrogens with zero attached hydrogens (tertiary/aromatic N) is 1. The molecule has 0 radical (unpaired) electrons. The van der Waals surface area contributed by atoms with E-state index in [1.807, 2.05) is 12.2 Å². The Kier molecular flexibility index (Phi) is 2.31. The largest absolute Gasteiger partial charge is 0.197 e. The van der Waals surface area contributed by atoms with Gasteiger partial charge in [0, 0.05) is 0 Å². The summed E-state index contributed by atoms with van der Waals surface area (Å²) in [5.41, 5.74) is 2.89. The molecule has 1 heteroatoms. The number of nitriles is 1. The highest BCUT2D eigenvalue weighted by Gasteiger charge is 2.11. The van der Waals surface area contributed by atoms with E-state index in [1.165, 1.54) is 36.8 Å². The molecule has 2 rings (SSSR count). The van der Waals surface area contributed by atoms with Gasteiger partial charge in [-0.2, -0.15) is 5.26 Å². The van der Waals surface area contributed by atoms with E-state index in [4.69, 9.17) is 5.26 Å². The number of allylic oxidation sites excluding steroid dienone is 6. The summed E-state index contributed by atoms with van der Waals surface area (Å²) in [5, 5.41) is 8.78. The molecule has 0 amide bonds. The Bertz CT molecular complexity index is 300. The molecule has 0 spiro atoms. The van der Waals surface area contributed by atoms with Crippen molar-refractivity contribution in [1.82, 2.24) is 0 Å². The van der Waals surface area contributed by atoms with Gasteiger partial charge in [0.1, 0.15) is 0 Å². The highest BCUT2D eigenvalue weighted by molar-refractivity contribution is 5.39. The van der Waals surface area contributed by atoms with Crippen LogP contribution in [-0.2, 0) is 0 Å². The topological polar surface area (TPSA) is 23.8 Å². The lowest BCUT2D eigenvalue weighted by Gasteiger charge is -2.14. The first-order chi connectivity index (χ1) is 6.40. The highest BCUT2D eigenvalue weighted by atomic mass is 14.3. The first kappa shape index (κ1) is 8.31. The molecule has 0 aromatic heterocycles. The lowest BCUT2D eigenvalue weighted by molar-refractivity contribution is 0.694. The molecule has 13 heavy (non-hydrogen) atoms. The molecule has 0 saturated carbocycles. The van der Waals surface area contributed by atoms with Crippen molar-refractivity contribution < 1.29 is 0 Å². The second-order valence-corrected chi connectivity index (χ2v) is 3.63. The molecule has 0 N–H and O–H groups in total. The van der Waals surface area contributed by atoms with Crippen molar-refractivity contribution in [2.24, 2.45) is 5.92 Å². The molecule has 0 fully saturated rings. The average Bonchev–Trinajstić information content (AvgIpc) is 2.39. The molecule has 0 aromatic carbocycles. The average molecular weight is 171 g/mol. The van der Waals surface area contributed by atoms with E-state index >= 15 is 0 Å². The highest BCUT2D eigenvalue weighted by Crippen LogP contribution is 2.28. The van der Waals surface area contributed by atoms with E-state index in [0.29, 0.717) is 0 Å². The standard InChI is InChI=1S/C12H13N/c13-9-10-5-7-11-3-1-2-4-12(11)8-6-10/h5-8,10H,1-4H2. The normalized spacial score (nSPS) is 22.4. The van der Waals surface area contributed by atoms with Crippen LogP contribution in [0.4, 0.5) is 0 Å². The Hall–Kier alpha value is -1.29. The molecule has 0 saturated heterocycles. The number of rotatable bonds is 0. The van der Waals surface area contributed by atoms with Crippen LogP contribution in [-0.4, -0.2) is 0 Å². The third-order valence-electron chi connectivity index (χ3n) is 2.71. The second kappa shape index (κ2) is 3.62. The van der Waals surface area contributed by atoms with E-state index < -0.39 is 0 Å². The molecule has 2 aliphatic rings. The zero-order valence-corrected chi connectivity index (χ0v) is 7.66. The second-order valence-electron chi connectivity index (χ2n) is 3.63. The maximum absolute atomic E-state index is 8.78. The summed E-state index contributed by atoms with van der Waals surface area (Å²) in [4.78, 5) is 0. The third kappa shape index (κ3) is 1.72. The molecule has 1 nitrogen and oxygen atoms in total. The van der Waals surface area contributed by atoms with Crippen molar-refractivity contribution in [2.45, 2.75) is 25.7 Å². The van der Waals surface area contributed by atoms with E-state index in [2.05, 4.69) is 18.2 Å². The van der Waals surface area contributed by atoms with E-state index in [9.17, 15) is 0 Å². The van der Waals surface area contributed by atoms with Gasteiger partial charge in [-0.05, 0) is 36.8 Å². The minimum atomic E-state index is -0.0226. The van der Waals surface area contributed by atoms with Gasteiger partial charge >= 0.3 is 0 Å². The van der Waals surface area contributed by atoms with Crippen LogP contribution in [0.3, 0.4) is 0 Å². The zero-order valence-electron chi connectivity index (χ0n) is 7.66. The van der Waals surface area contributed by atoms with Crippen molar-refractivity contribution in [2.75, 3.05) is 0 Å². The van der Waals surface area contributed by atoms with E-state index in [1.54, 1.807) is 0 Å². The Labute approximate surface area is 79.1 Å². The Morgan fingerprint density at radius 3 is 2.08 bits per heavy atom. The quantitative estimate of drug-likeness (QED) is 0.549. The molecule has 66 valence electrons. The van der Waals surface area contributed by atoms with Crippen molar-refractivity contribution in [3.05, 3.63) is 35.5 Å². The first-order valence-electron chi connectivity index (χ1n) is 4.88.